The van der Waals surface area contributed by atoms with Crippen molar-refractivity contribution in [1.29, 1.82) is 0 Å². The van der Waals surface area contributed by atoms with Gasteiger partial charge in [0, 0.05) is 6.42 Å². The normalized spacial score (nSPS) is 17.9. The predicted molar refractivity (Wildman–Crippen MR) is 52.3 cm³/mol. The second-order valence-corrected chi connectivity index (χ2v) is 3.71. The molecule has 3 N–H and O–H groups in total. The first kappa shape index (κ1) is 12.6. The third-order valence-electron chi connectivity index (χ3n) is 2.22. The third kappa shape index (κ3) is 5.80. The lowest BCUT2D eigenvalue weighted by atomic mass is 9.95. The highest BCUT2D eigenvalue weighted by Gasteiger charge is 2.14. The lowest BCUT2D eigenvalue weighted by Gasteiger charge is -2.18. The molecule has 0 aliphatic rings. The molecule has 0 aromatic heterocycles. The maximum absolute atomic E-state index is 9.46. The molecule has 0 aliphatic heterocycles. The van der Waals surface area contributed by atoms with Crippen molar-refractivity contribution in [1.82, 2.24) is 0 Å². The van der Waals surface area contributed by atoms with Crippen LogP contribution in [0.3, 0.4) is 0 Å². The highest BCUT2D eigenvalue weighted by molar-refractivity contribution is 4.94. The van der Waals surface area contributed by atoms with Crippen LogP contribution in [0.1, 0.15) is 26.7 Å². The number of hydrogen-bond donors (Lipinski definition) is 3. The summed E-state index contributed by atoms with van der Waals surface area (Å²) < 4.78 is 0. The predicted octanol–water partition coefficient (Wildman–Crippen LogP) is 0.693. The van der Waals surface area contributed by atoms with Gasteiger partial charge in [-0.25, -0.2) is 0 Å². The van der Waals surface area contributed by atoms with Gasteiger partial charge in [-0.1, -0.05) is 19.1 Å². The molecule has 3 heteroatoms. The van der Waals surface area contributed by atoms with Gasteiger partial charge in [-0.05, 0) is 19.3 Å². The van der Waals surface area contributed by atoms with E-state index in [4.69, 9.17) is 10.2 Å². The van der Waals surface area contributed by atoms with E-state index in [-0.39, 0.29) is 18.9 Å². The minimum absolute atomic E-state index is 0.230. The van der Waals surface area contributed by atoms with Crippen molar-refractivity contribution in [2.75, 3.05) is 6.61 Å². The molecule has 0 fully saturated rings. The molecule has 0 saturated heterocycles. The van der Waals surface area contributed by atoms with E-state index in [9.17, 15) is 5.11 Å². The number of allylic oxidation sites excluding steroid dienone is 1. The highest BCUT2D eigenvalue weighted by atomic mass is 16.3. The monoisotopic (exact) mass is 188 g/mol. The molecule has 0 bridgehead atoms. The summed E-state index contributed by atoms with van der Waals surface area (Å²) in [6.45, 7) is 7.39. The van der Waals surface area contributed by atoms with Crippen molar-refractivity contribution in [3.05, 3.63) is 12.2 Å². The van der Waals surface area contributed by atoms with E-state index >= 15 is 0 Å². The Morgan fingerprint density at radius 2 is 1.77 bits per heavy atom. The second-order valence-electron chi connectivity index (χ2n) is 3.71. The van der Waals surface area contributed by atoms with Crippen molar-refractivity contribution >= 4 is 0 Å². The zero-order chi connectivity index (χ0) is 10.4. The fourth-order valence-electron chi connectivity index (χ4n) is 1.09. The molecule has 3 atom stereocenters. The molecule has 0 radical (unpaired) electrons. The topological polar surface area (TPSA) is 60.7 Å². The molecule has 78 valence electrons. The molecule has 0 saturated carbocycles. The molecule has 3 nitrogen and oxygen atoms in total. The lowest BCUT2D eigenvalue weighted by molar-refractivity contribution is 0.0353. The zero-order valence-electron chi connectivity index (χ0n) is 8.40. The summed E-state index contributed by atoms with van der Waals surface area (Å²) >= 11 is 0. The molecule has 13 heavy (non-hydrogen) atoms. The van der Waals surface area contributed by atoms with Crippen LogP contribution in [0.25, 0.3) is 0 Å². The standard InChI is InChI=1S/C10H20O3/c1-7(2)8(3)4-9(12)5-10(13)6-11/h8-13H,1,4-6H2,2-3H3/t8-,9+,10+/m1/s1. The molecule has 0 heterocycles. The summed E-state index contributed by atoms with van der Waals surface area (Å²) in [7, 11) is 0. The Kier molecular flexibility index (Phi) is 5.95. The van der Waals surface area contributed by atoms with Crippen LogP contribution in [-0.4, -0.2) is 34.1 Å². The Balaban J connectivity index is 3.73. The summed E-state index contributed by atoms with van der Waals surface area (Å²) in [6, 6.07) is 0. The Hall–Kier alpha value is -0.380. The summed E-state index contributed by atoms with van der Waals surface area (Å²) in [4.78, 5) is 0. The first-order chi connectivity index (χ1) is 5.97. The van der Waals surface area contributed by atoms with E-state index in [1.165, 1.54) is 0 Å². The quantitative estimate of drug-likeness (QED) is 0.537. The van der Waals surface area contributed by atoms with E-state index in [1.807, 2.05) is 13.8 Å². The summed E-state index contributed by atoms with van der Waals surface area (Å²) in [6.07, 6.45) is -0.554. The number of aliphatic hydroxyl groups is 3. The minimum Gasteiger partial charge on any atom is -0.394 e. The van der Waals surface area contributed by atoms with E-state index < -0.39 is 12.2 Å². The van der Waals surface area contributed by atoms with Gasteiger partial charge in [0.05, 0.1) is 18.8 Å². The SMILES string of the molecule is C=C(C)[C@H](C)C[C@H](O)C[C@H](O)CO. The lowest BCUT2D eigenvalue weighted by Crippen LogP contribution is -2.22. The minimum atomic E-state index is -0.813. The first-order valence-electron chi connectivity index (χ1n) is 4.59. The van der Waals surface area contributed by atoms with Gasteiger partial charge in [0.15, 0.2) is 0 Å². The third-order valence-corrected chi connectivity index (χ3v) is 2.22. The largest absolute Gasteiger partial charge is 0.394 e. The van der Waals surface area contributed by atoms with Crippen LogP contribution in [0.5, 0.6) is 0 Å². The second kappa shape index (κ2) is 6.13. The molecule has 0 aromatic carbocycles. The van der Waals surface area contributed by atoms with Gasteiger partial charge in [0.2, 0.25) is 0 Å². The molecule has 0 amide bonds. The smallest absolute Gasteiger partial charge is 0.0795 e. The van der Waals surface area contributed by atoms with Gasteiger partial charge in [-0.2, -0.15) is 0 Å². The van der Waals surface area contributed by atoms with Gasteiger partial charge < -0.3 is 15.3 Å². The molecular weight excluding hydrogens is 168 g/mol. The van der Waals surface area contributed by atoms with Crippen molar-refractivity contribution in [3.8, 4) is 0 Å². The number of aliphatic hydroxyl groups excluding tert-OH is 3. The van der Waals surface area contributed by atoms with Gasteiger partial charge >= 0.3 is 0 Å². The number of rotatable bonds is 6. The van der Waals surface area contributed by atoms with E-state index in [1.54, 1.807) is 0 Å². The molecular formula is C10H20O3. The van der Waals surface area contributed by atoms with Crippen LogP contribution in [0.4, 0.5) is 0 Å². The maximum Gasteiger partial charge on any atom is 0.0795 e. The van der Waals surface area contributed by atoms with Crippen LogP contribution in [-0.2, 0) is 0 Å². The fraction of sp³-hybridized carbons (Fsp3) is 0.800. The Bertz CT molecular complexity index is 156. The first-order valence-corrected chi connectivity index (χ1v) is 4.59. The maximum atomic E-state index is 9.46. The van der Waals surface area contributed by atoms with Crippen molar-refractivity contribution in [2.45, 2.75) is 38.9 Å². The van der Waals surface area contributed by atoms with Crippen LogP contribution < -0.4 is 0 Å². The van der Waals surface area contributed by atoms with Crippen molar-refractivity contribution in [3.63, 3.8) is 0 Å². The van der Waals surface area contributed by atoms with Crippen LogP contribution in [0.2, 0.25) is 0 Å². The zero-order valence-corrected chi connectivity index (χ0v) is 8.40. The average molecular weight is 188 g/mol. The molecule has 0 unspecified atom stereocenters. The fourth-order valence-corrected chi connectivity index (χ4v) is 1.09. The van der Waals surface area contributed by atoms with Crippen LogP contribution >= 0.6 is 0 Å². The van der Waals surface area contributed by atoms with Gasteiger partial charge in [0.25, 0.3) is 0 Å². The van der Waals surface area contributed by atoms with Crippen molar-refractivity contribution < 1.29 is 15.3 Å². The van der Waals surface area contributed by atoms with Crippen LogP contribution in [0, 0.1) is 5.92 Å². The molecule has 0 rings (SSSR count). The van der Waals surface area contributed by atoms with E-state index in [0.29, 0.717) is 6.42 Å². The highest BCUT2D eigenvalue weighted by Crippen LogP contribution is 2.16. The molecule has 0 spiro atoms. The molecule has 0 aliphatic carbocycles. The Labute approximate surface area is 79.7 Å². The van der Waals surface area contributed by atoms with E-state index in [2.05, 4.69) is 6.58 Å². The van der Waals surface area contributed by atoms with Gasteiger partial charge in [-0.15, -0.1) is 0 Å². The molecule has 0 aromatic rings. The summed E-state index contributed by atoms with van der Waals surface area (Å²) in [5, 5.41) is 27.1. The Morgan fingerprint density at radius 1 is 1.23 bits per heavy atom. The average Bonchev–Trinajstić information content (AvgIpc) is 2.03. The summed E-state index contributed by atoms with van der Waals surface area (Å²) in [5.74, 6) is 0.251. The van der Waals surface area contributed by atoms with Gasteiger partial charge in [-0.3, -0.25) is 0 Å². The Morgan fingerprint density at radius 3 is 2.15 bits per heavy atom. The number of hydrogen-bond acceptors (Lipinski definition) is 3. The van der Waals surface area contributed by atoms with Crippen LogP contribution in [0.15, 0.2) is 12.2 Å². The van der Waals surface area contributed by atoms with Gasteiger partial charge in [0.1, 0.15) is 0 Å². The van der Waals surface area contributed by atoms with E-state index in [0.717, 1.165) is 5.57 Å². The van der Waals surface area contributed by atoms with Crippen molar-refractivity contribution in [2.24, 2.45) is 5.92 Å². The summed E-state index contributed by atoms with van der Waals surface area (Å²) in [5.41, 5.74) is 1.03.